The molecular formula is C5H11O5P2+. The maximum atomic E-state index is 10.8. The molecule has 0 aliphatic rings. The number of hydrogen-bond acceptors (Lipinski definition) is 4. The summed E-state index contributed by atoms with van der Waals surface area (Å²) in [5.41, 5.74) is 0. The minimum absolute atomic E-state index is 0.0343. The molecular weight excluding hydrogens is 202 g/mol. The summed E-state index contributed by atoms with van der Waals surface area (Å²) in [6.07, 6.45) is 3.20. The molecule has 5 nitrogen and oxygen atoms in total. The Morgan fingerprint density at radius 2 is 2.25 bits per heavy atom. The van der Waals surface area contributed by atoms with Gasteiger partial charge in [-0.1, -0.05) is 12.2 Å². The van der Waals surface area contributed by atoms with Gasteiger partial charge in [0, 0.05) is 0 Å². The summed E-state index contributed by atoms with van der Waals surface area (Å²) in [4.78, 5) is 8.80. The van der Waals surface area contributed by atoms with Crippen molar-refractivity contribution in [3.8, 4) is 0 Å². The Labute approximate surface area is 71.9 Å². The first-order chi connectivity index (χ1) is 5.48. The molecule has 0 aliphatic carbocycles. The zero-order chi connectivity index (χ0) is 9.61. The standard InChI is InChI=1S/C5H10O5P2/c1-3-4-5-9-12(7,8)10-11(2)6/h3-4H,5H2,1-2H3/p+1/b4-3+. The molecule has 0 saturated heterocycles. The van der Waals surface area contributed by atoms with Gasteiger partial charge in [-0.25, -0.2) is 4.57 Å². The van der Waals surface area contributed by atoms with Gasteiger partial charge in [0.25, 0.3) is 0 Å². The van der Waals surface area contributed by atoms with Gasteiger partial charge in [0.2, 0.25) is 0 Å². The van der Waals surface area contributed by atoms with E-state index in [0.29, 0.717) is 0 Å². The Morgan fingerprint density at radius 3 is 2.67 bits per heavy atom. The maximum Gasteiger partial charge on any atom is 0.515 e. The lowest BCUT2D eigenvalue weighted by Gasteiger charge is -2.01. The molecule has 7 heteroatoms. The first-order valence-corrected chi connectivity index (χ1v) is 6.29. The zero-order valence-electron chi connectivity index (χ0n) is 6.84. The second kappa shape index (κ2) is 5.57. The van der Waals surface area contributed by atoms with Gasteiger partial charge < -0.3 is 4.89 Å². The molecule has 0 amide bonds. The van der Waals surface area contributed by atoms with Crippen LogP contribution in [0.2, 0.25) is 0 Å². The molecule has 0 bridgehead atoms. The summed E-state index contributed by atoms with van der Waals surface area (Å²) in [6, 6.07) is 0. The van der Waals surface area contributed by atoms with E-state index in [1.54, 1.807) is 13.0 Å². The van der Waals surface area contributed by atoms with Crippen molar-refractivity contribution in [2.75, 3.05) is 13.3 Å². The molecule has 0 heterocycles. The van der Waals surface area contributed by atoms with Gasteiger partial charge in [-0.2, -0.15) is 0 Å². The van der Waals surface area contributed by atoms with Crippen LogP contribution in [0.3, 0.4) is 0 Å². The SMILES string of the molecule is C/C=C/COP(=O)(O)O[P+](C)=O. The monoisotopic (exact) mass is 213 g/mol. The average molecular weight is 213 g/mol. The molecule has 0 aromatic heterocycles. The first kappa shape index (κ1) is 11.9. The molecule has 0 aromatic rings. The number of hydrogen-bond donors (Lipinski definition) is 1. The van der Waals surface area contributed by atoms with Gasteiger partial charge in [-0.3, -0.25) is 4.52 Å². The summed E-state index contributed by atoms with van der Waals surface area (Å²) < 4.78 is 29.7. The fourth-order valence-electron chi connectivity index (χ4n) is 0.402. The van der Waals surface area contributed by atoms with E-state index in [1.807, 2.05) is 0 Å². The van der Waals surface area contributed by atoms with Crippen LogP contribution in [0.1, 0.15) is 6.92 Å². The number of allylic oxidation sites excluding steroid dienone is 1. The maximum absolute atomic E-state index is 10.8. The van der Waals surface area contributed by atoms with Crippen molar-refractivity contribution >= 4 is 15.9 Å². The Bertz CT molecular complexity index is 224. The molecule has 0 spiro atoms. The molecule has 0 radical (unpaired) electrons. The van der Waals surface area contributed by atoms with Crippen molar-refractivity contribution < 1.29 is 22.9 Å². The van der Waals surface area contributed by atoms with Gasteiger partial charge in [-0.05, 0) is 15.8 Å². The Kier molecular flexibility index (Phi) is 5.55. The Hall–Kier alpha value is -0.0500. The van der Waals surface area contributed by atoms with Crippen LogP contribution in [0, 0.1) is 0 Å². The normalized spacial score (nSPS) is 17.8. The van der Waals surface area contributed by atoms with Gasteiger partial charge in [0.15, 0.2) is 6.66 Å². The van der Waals surface area contributed by atoms with Crippen LogP contribution in [0.15, 0.2) is 12.2 Å². The van der Waals surface area contributed by atoms with Crippen LogP contribution < -0.4 is 0 Å². The van der Waals surface area contributed by atoms with Crippen LogP contribution >= 0.6 is 15.9 Å². The second-order valence-electron chi connectivity index (χ2n) is 1.85. The third-order valence-corrected chi connectivity index (χ3v) is 3.01. The van der Waals surface area contributed by atoms with Gasteiger partial charge in [-0.15, -0.1) is 0 Å². The molecule has 0 fully saturated rings. The van der Waals surface area contributed by atoms with Crippen molar-refractivity contribution in [3.63, 3.8) is 0 Å². The van der Waals surface area contributed by atoms with Crippen molar-refractivity contribution in [3.05, 3.63) is 12.2 Å². The highest BCUT2D eigenvalue weighted by molar-refractivity contribution is 7.57. The molecule has 1 N–H and O–H groups in total. The summed E-state index contributed by atoms with van der Waals surface area (Å²) >= 11 is 0. The topological polar surface area (TPSA) is 72.8 Å². The predicted octanol–water partition coefficient (Wildman–Crippen LogP) is 2.07. The lowest BCUT2D eigenvalue weighted by atomic mass is 10.6. The van der Waals surface area contributed by atoms with Crippen LogP contribution in [-0.4, -0.2) is 18.2 Å². The van der Waals surface area contributed by atoms with Crippen molar-refractivity contribution in [2.45, 2.75) is 6.92 Å². The molecule has 70 valence electrons. The van der Waals surface area contributed by atoms with Crippen molar-refractivity contribution in [1.29, 1.82) is 0 Å². The third kappa shape index (κ3) is 6.65. The Morgan fingerprint density at radius 1 is 1.67 bits per heavy atom. The highest BCUT2D eigenvalue weighted by atomic mass is 31.2. The van der Waals surface area contributed by atoms with E-state index >= 15 is 0 Å². The van der Waals surface area contributed by atoms with E-state index in [4.69, 9.17) is 4.89 Å². The molecule has 0 aromatic carbocycles. The fourth-order valence-corrected chi connectivity index (χ4v) is 2.03. The zero-order valence-corrected chi connectivity index (χ0v) is 8.63. The summed E-state index contributed by atoms with van der Waals surface area (Å²) in [5.74, 6) is 0. The van der Waals surface area contributed by atoms with Gasteiger partial charge >= 0.3 is 15.9 Å². The van der Waals surface area contributed by atoms with E-state index in [1.165, 1.54) is 12.7 Å². The Balaban J connectivity index is 3.87. The van der Waals surface area contributed by atoms with E-state index in [2.05, 4.69) is 8.83 Å². The van der Waals surface area contributed by atoms with E-state index in [0.717, 1.165) is 0 Å². The highest BCUT2D eigenvalue weighted by Crippen LogP contribution is 2.50. The molecule has 2 unspecified atom stereocenters. The molecule has 0 aliphatic heterocycles. The van der Waals surface area contributed by atoms with Crippen LogP contribution in [-0.2, 0) is 18.0 Å². The second-order valence-corrected chi connectivity index (χ2v) is 4.58. The number of phosphoric ester groups is 1. The minimum atomic E-state index is -4.11. The predicted molar refractivity (Wildman–Crippen MR) is 45.2 cm³/mol. The minimum Gasteiger partial charge on any atom is -0.300 e. The summed E-state index contributed by atoms with van der Waals surface area (Å²) in [7, 11) is -6.23. The van der Waals surface area contributed by atoms with E-state index in [-0.39, 0.29) is 6.61 Å². The number of phosphoric acid groups is 1. The molecule has 0 saturated carbocycles. The third-order valence-electron chi connectivity index (χ3n) is 0.788. The highest BCUT2D eigenvalue weighted by Gasteiger charge is 2.30. The van der Waals surface area contributed by atoms with Crippen molar-refractivity contribution in [2.24, 2.45) is 0 Å². The lowest BCUT2D eigenvalue weighted by Crippen LogP contribution is -1.89. The molecule has 2 atom stereocenters. The molecule has 12 heavy (non-hydrogen) atoms. The average Bonchev–Trinajstić information content (AvgIpc) is 1.84. The summed E-state index contributed by atoms with van der Waals surface area (Å²) in [5, 5.41) is 0. The lowest BCUT2D eigenvalue weighted by molar-refractivity contribution is 0.227. The van der Waals surface area contributed by atoms with Gasteiger partial charge in [0.1, 0.15) is 0 Å². The fraction of sp³-hybridized carbons (Fsp3) is 0.600. The van der Waals surface area contributed by atoms with Crippen LogP contribution in [0.25, 0.3) is 0 Å². The largest absolute Gasteiger partial charge is 0.515 e. The van der Waals surface area contributed by atoms with Crippen LogP contribution in [0.5, 0.6) is 0 Å². The van der Waals surface area contributed by atoms with Crippen molar-refractivity contribution in [1.82, 2.24) is 0 Å². The summed E-state index contributed by atoms with van der Waals surface area (Å²) in [6.45, 7) is 2.89. The van der Waals surface area contributed by atoms with E-state index < -0.39 is 15.9 Å². The van der Waals surface area contributed by atoms with Crippen LogP contribution in [0.4, 0.5) is 0 Å². The van der Waals surface area contributed by atoms with Gasteiger partial charge in [0.05, 0.1) is 6.61 Å². The number of rotatable bonds is 5. The smallest absolute Gasteiger partial charge is 0.300 e. The quantitative estimate of drug-likeness (QED) is 0.558. The van der Waals surface area contributed by atoms with E-state index in [9.17, 15) is 9.13 Å². The first-order valence-electron chi connectivity index (χ1n) is 3.17. The molecule has 0 rings (SSSR count).